The molecule has 0 aliphatic heterocycles. The molecule has 2 rings (SSSR count). The van der Waals surface area contributed by atoms with E-state index in [1.165, 1.54) is 37.8 Å². The quantitative estimate of drug-likeness (QED) is 0.463. The highest BCUT2D eigenvalue weighted by molar-refractivity contribution is 6.45. The van der Waals surface area contributed by atoms with Crippen LogP contribution in [0.5, 0.6) is 0 Å². The zero-order valence-electron chi connectivity index (χ0n) is 12.0. The summed E-state index contributed by atoms with van der Waals surface area (Å²) in [4.78, 5) is 12.1. The van der Waals surface area contributed by atoms with Crippen LogP contribution in [0, 0.1) is 11.8 Å². The molecule has 5 heteroatoms. The Bertz CT molecular complexity index is 512. The summed E-state index contributed by atoms with van der Waals surface area (Å²) < 4.78 is 5.32. The zero-order valence-corrected chi connectivity index (χ0v) is 14.3. The summed E-state index contributed by atoms with van der Waals surface area (Å²) in [6.45, 7) is 2.49. The fourth-order valence-electron chi connectivity index (χ4n) is 2.39. The average molecular weight is 350 g/mol. The van der Waals surface area contributed by atoms with Gasteiger partial charge in [-0.15, -0.1) is 0 Å². The lowest BCUT2D eigenvalue weighted by Crippen LogP contribution is -2.16. The molecular formula is C16H19Cl3O2. The second kappa shape index (κ2) is 7.71. The van der Waals surface area contributed by atoms with E-state index in [1.54, 1.807) is 0 Å². The maximum Gasteiger partial charge on any atom is 0.339 e. The molecule has 1 unspecified atom stereocenters. The second-order valence-electron chi connectivity index (χ2n) is 5.83. The Morgan fingerprint density at radius 2 is 2.05 bits per heavy atom. The minimum absolute atomic E-state index is 0.188. The van der Waals surface area contributed by atoms with Crippen molar-refractivity contribution in [1.82, 2.24) is 0 Å². The van der Waals surface area contributed by atoms with Crippen LogP contribution in [-0.4, -0.2) is 12.6 Å². The van der Waals surface area contributed by atoms with Crippen molar-refractivity contribution in [3.8, 4) is 0 Å². The number of halogens is 3. The summed E-state index contributed by atoms with van der Waals surface area (Å²) in [5, 5.41) is 0.816. The van der Waals surface area contributed by atoms with Gasteiger partial charge in [0.15, 0.2) is 0 Å². The summed E-state index contributed by atoms with van der Waals surface area (Å²) in [5.74, 6) is 0.757. The van der Waals surface area contributed by atoms with E-state index in [9.17, 15) is 4.79 Å². The molecule has 1 aromatic rings. The summed E-state index contributed by atoms with van der Waals surface area (Å²) in [7, 11) is 0. The van der Waals surface area contributed by atoms with Crippen LogP contribution in [0.4, 0.5) is 0 Å². The minimum atomic E-state index is -0.472. The van der Waals surface area contributed by atoms with Gasteiger partial charge in [-0.1, -0.05) is 67.4 Å². The lowest BCUT2D eigenvalue weighted by molar-refractivity contribution is 0.0437. The molecule has 1 aliphatic rings. The van der Waals surface area contributed by atoms with E-state index >= 15 is 0 Å². The molecule has 0 bridgehead atoms. The standard InChI is InChI=1S/C16H19Cl3O2/c1-10(5-6-11-3-2-4-11)9-21-16(20)13-7-12(17)8-14(18)15(13)19/h7-8,10-11H,2-6,9H2,1H3. The van der Waals surface area contributed by atoms with Crippen molar-refractivity contribution in [2.75, 3.05) is 6.61 Å². The van der Waals surface area contributed by atoms with Crippen molar-refractivity contribution >= 4 is 40.8 Å². The molecule has 2 nitrogen and oxygen atoms in total. The topological polar surface area (TPSA) is 26.3 Å². The Kier molecular flexibility index (Phi) is 6.21. The van der Waals surface area contributed by atoms with E-state index in [1.807, 2.05) is 0 Å². The fraction of sp³-hybridized carbons (Fsp3) is 0.562. The van der Waals surface area contributed by atoms with Crippen LogP contribution < -0.4 is 0 Å². The first-order valence-electron chi connectivity index (χ1n) is 7.29. The zero-order chi connectivity index (χ0) is 15.4. The molecule has 0 radical (unpaired) electrons. The van der Waals surface area contributed by atoms with Gasteiger partial charge in [0.1, 0.15) is 0 Å². The number of carbonyl (C=O) groups excluding carboxylic acids is 1. The van der Waals surface area contributed by atoms with Gasteiger partial charge >= 0.3 is 5.97 Å². The van der Waals surface area contributed by atoms with Crippen molar-refractivity contribution in [1.29, 1.82) is 0 Å². The molecule has 1 aromatic carbocycles. The average Bonchev–Trinajstić information content (AvgIpc) is 2.38. The van der Waals surface area contributed by atoms with Gasteiger partial charge in [0.2, 0.25) is 0 Å². The summed E-state index contributed by atoms with van der Waals surface area (Å²) >= 11 is 17.8. The first-order valence-corrected chi connectivity index (χ1v) is 8.42. The van der Waals surface area contributed by atoms with Crippen LogP contribution in [0.3, 0.4) is 0 Å². The van der Waals surface area contributed by atoms with E-state index in [4.69, 9.17) is 39.5 Å². The van der Waals surface area contributed by atoms with E-state index in [0.29, 0.717) is 17.5 Å². The Hall–Kier alpha value is -0.440. The third-order valence-corrected chi connectivity index (χ3v) is 5.02. The van der Waals surface area contributed by atoms with Crippen LogP contribution in [0.1, 0.15) is 49.4 Å². The van der Waals surface area contributed by atoms with Gasteiger partial charge in [0.25, 0.3) is 0 Å². The molecule has 0 heterocycles. The third-order valence-electron chi connectivity index (χ3n) is 4.00. The number of esters is 1. The van der Waals surface area contributed by atoms with Crippen molar-refractivity contribution in [2.45, 2.75) is 39.0 Å². The molecule has 1 fully saturated rings. The number of rotatable bonds is 6. The van der Waals surface area contributed by atoms with Crippen LogP contribution in [0.15, 0.2) is 12.1 Å². The summed E-state index contributed by atoms with van der Waals surface area (Å²) in [5.41, 5.74) is 0.223. The molecule has 0 spiro atoms. The van der Waals surface area contributed by atoms with E-state index < -0.39 is 5.97 Å². The highest BCUT2D eigenvalue weighted by Gasteiger charge is 2.20. The number of benzene rings is 1. The second-order valence-corrected chi connectivity index (χ2v) is 7.05. The predicted octanol–water partition coefficient (Wildman–Crippen LogP) is 6.02. The van der Waals surface area contributed by atoms with Gasteiger partial charge < -0.3 is 4.74 Å². The van der Waals surface area contributed by atoms with Gasteiger partial charge in [0, 0.05) is 5.02 Å². The van der Waals surface area contributed by atoms with Crippen LogP contribution >= 0.6 is 34.8 Å². The molecule has 21 heavy (non-hydrogen) atoms. The van der Waals surface area contributed by atoms with Gasteiger partial charge in [-0.05, 0) is 30.4 Å². The first-order chi connectivity index (χ1) is 9.97. The normalized spacial score (nSPS) is 16.4. The van der Waals surface area contributed by atoms with E-state index in [-0.39, 0.29) is 15.6 Å². The van der Waals surface area contributed by atoms with Crippen molar-refractivity contribution in [3.05, 3.63) is 32.8 Å². The van der Waals surface area contributed by atoms with Crippen molar-refractivity contribution in [3.63, 3.8) is 0 Å². The lowest BCUT2D eigenvalue weighted by atomic mass is 9.81. The van der Waals surface area contributed by atoms with Crippen LogP contribution in [-0.2, 0) is 4.74 Å². The number of carbonyl (C=O) groups is 1. The van der Waals surface area contributed by atoms with Gasteiger partial charge in [-0.3, -0.25) is 0 Å². The van der Waals surface area contributed by atoms with Crippen molar-refractivity contribution in [2.24, 2.45) is 11.8 Å². The Morgan fingerprint density at radius 1 is 1.33 bits per heavy atom. The first kappa shape index (κ1) is 16.9. The maximum atomic E-state index is 12.1. The fourth-order valence-corrected chi connectivity index (χ4v) is 3.06. The summed E-state index contributed by atoms with van der Waals surface area (Å²) in [6.07, 6.45) is 6.37. The lowest BCUT2D eigenvalue weighted by Gasteiger charge is -2.26. The Labute approximate surface area is 140 Å². The van der Waals surface area contributed by atoms with Gasteiger partial charge in [-0.2, -0.15) is 0 Å². The number of ether oxygens (including phenoxy) is 1. The Balaban J connectivity index is 1.83. The van der Waals surface area contributed by atoms with E-state index in [0.717, 1.165) is 12.3 Å². The van der Waals surface area contributed by atoms with E-state index in [2.05, 4.69) is 6.92 Å². The highest BCUT2D eigenvalue weighted by atomic mass is 35.5. The molecule has 0 amide bonds. The Morgan fingerprint density at radius 3 is 2.67 bits per heavy atom. The third kappa shape index (κ3) is 4.77. The monoisotopic (exact) mass is 348 g/mol. The number of hydrogen-bond acceptors (Lipinski definition) is 2. The molecule has 0 N–H and O–H groups in total. The van der Waals surface area contributed by atoms with Crippen LogP contribution in [0.25, 0.3) is 0 Å². The number of hydrogen-bond donors (Lipinski definition) is 0. The molecule has 0 saturated heterocycles. The smallest absolute Gasteiger partial charge is 0.339 e. The minimum Gasteiger partial charge on any atom is -0.462 e. The maximum absolute atomic E-state index is 12.1. The molecular weight excluding hydrogens is 331 g/mol. The summed E-state index contributed by atoms with van der Waals surface area (Å²) in [6, 6.07) is 2.99. The van der Waals surface area contributed by atoms with Gasteiger partial charge in [0.05, 0.1) is 22.2 Å². The van der Waals surface area contributed by atoms with Gasteiger partial charge in [-0.25, -0.2) is 4.79 Å². The molecule has 0 aromatic heterocycles. The SMILES string of the molecule is CC(CCC1CCC1)COC(=O)c1cc(Cl)cc(Cl)c1Cl. The molecule has 1 aliphatic carbocycles. The molecule has 1 saturated carbocycles. The van der Waals surface area contributed by atoms with Crippen molar-refractivity contribution < 1.29 is 9.53 Å². The predicted molar refractivity (Wildman–Crippen MR) is 87.5 cm³/mol. The van der Waals surface area contributed by atoms with Crippen LogP contribution in [0.2, 0.25) is 15.1 Å². The largest absolute Gasteiger partial charge is 0.462 e. The molecule has 1 atom stereocenters. The molecule has 116 valence electrons. The highest BCUT2D eigenvalue weighted by Crippen LogP contribution is 2.32.